The van der Waals surface area contributed by atoms with Gasteiger partial charge in [0.1, 0.15) is 0 Å². The highest BCUT2D eigenvalue weighted by atomic mass is 16.4. The Morgan fingerprint density at radius 3 is 1.71 bits per heavy atom. The van der Waals surface area contributed by atoms with Crippen LogP contribution in [0.4, 0.5) is 0 Å². The molecule has 2 unspecified atom stereocenters. The van der Waals surface area contributed by atoms with Gasteiger partial charge in [0.25, 0.3) is 0 Å². The van der Waals surface area contributed by atoms with Crippen molar-refractivity contribution in [3.8, 4) is 0 Å². The standard InChI is InChI=1S/C16H28N2O6/c1-11(2)7-17(8-14(19)20)12-4-3-5-13(6-12)18(9-15(21)22)10-16(23)24/h11-13H,3-10H2,1-2H3,(H,19,20)(H,21,22)(H,23,24). The fourth-order valence-electron chi connectivity index (χ4n) is 3.45. The summed E-state index contributed by atoms with van der Waals surface area (Å²) >= 11 is 0. The zero-order valence-corrected chi connectivity index (χ0v) is 14.3. The first-order valence-corrected chi connectivity index (χ1v) is 8.32. The van der Waals surface area contributed by atoms with Crippen molar-refractivity contribution in [2.75, 3.05) is 26.2 Å². The molecule has 1 fully saturated rings. The van der Waals surface area contributed by atoms with Crippen LogP contribution in [0.25, 0.3) is 0 Å². The van der Waals surface area contributed by atoms with Gasteiger partial charge in [-0.25, -0.2) is 0 Å². The summed E-state index contributed by atoms with van der Waals surface area (Å²) in [4.78, 5) is 36.6. The van der Waals surface area contributed by atoms with E-state index in [4.69, 9.17) is 15.3 Å². The largest absolute Gasteiger partial charge is 0.480 e. The molecular weight excluding hydrogens is 316 g/mol. The highest BCUT2D eigenvalue weighted by Gasteiger charge is 2.32. The normalized spacial score (nSPS) is 21.4. The smallest absolute Gasteiger partial charge is 0.317 e. The summed E-state index contributed by atoms with van der Waals surface area (Å²) < 4.78 is 0. The molecule has 0 aromatic carbocycles. The summed E-state index contributed by atoms with van der Waals surface area (Å²) in [5, 5.41) is 27.2. The zero-order valence-electron chi connectivity index (χ0n) is 14.3. The minimum Gasteiger partial charge on any atom is -0.480 e. The van der Waals surface area contributed by atoms with Crippen molar-refractivity contribution in [1.82, 2.24) is 9.80 Å². The monoisotopic (exact) mass is 344 g/mol. The maximum Gasteiger partial charge on any atom is 0.317 e. The first-order valence-electron chi connectivity index (χ1n) is 8.32. The minimum atomic E-state index is -1.05. The number of carboxylic acids is 3. The van der Waals surface area contributed by atoms with Gasteiger partial charge in [0.15, 0.2) is 0 Å². The molecule has 8 heteroatoms. The molecule has 1 aliphatic rings. The molecule has 0 bridgehead atoms. The Morgan fingerprint density at radius 1 is 0.875 bits per heavy atom. The summed E-state index contributed by atoms with van der Waals surface area (Å²) in [6.45, 7) is 4.03. The van der Waals surface area contributed by atoms with Crippen molar-refractivity contribution in [1.29, 1.82) is 0 Å². The van der Waals surface area contributed by atoms with Gasteiger partial charge in [0.2, 0.25) is 0 Å². The van der Waals surface area contributed by atoms with Gasteiger partial charge in [-0.1, -0.05) is 20.3 Å². The lowest BCUT2D eigenvalue weighted by molar-refractivity contribution is -0.143. The van der Waals surface area contributed by atoms with E-state index >= 15 is 0 Å². The predicted molar refractivity (Wildman–Crippen MR) is 86.9 cm³/mol. The molecule has 0 heterocycles. The molecule has 0 aliphatic heterocycles. The molecule has 1 rings (SSSR count). The SMILES string of the molecule is CC(C)CN(CC(=O)O)C1CCCC(N(CC(=O)O)CC(=O)O)C1. The molecule has 24 heavy (non-hydrogen) atoms. The van der Waals surface area contributed by atoms with Crippen LogP contribution in [-0.4, -0.2) is 81.3 Å². The lowest BCUT2D eigenvalue weighted by Crippen LogP contribution is -2.50. The number of carboxylic acid groups (broad SMARTS) is 3. The molecule has 0 aromatic heterocycles. The Morgan fingerprint density at radius 2 is 1.29 bits per heavy atom. The van der Waals surface area contributed by atoms with Gasteiger partial charge in [0.05, 0.1) is 19.6 Å². The van der Waals surface area contributed by atoms with Crippen molar-refractivity contribution in [3.05, 3.63) is 0 Å². The Balaban J connectivity index is 2.81. The second-order valence-corrected chi connectivity index (χ2v) is 6.88. The summed E-state index contributed by atoms with van der Waals surface area (Å²) in [7, 11) is 0. The topological polar surface area (TPSA) is 118 Å². The summed E-state index contributed by atoms with van der Waals surface area (Å²) in [5.74, 6) is -2.67. The van der Waals surface area contributed by atoms with Crippen molar-refractivity contribution in [2.45, 2.75) is 51.6 Å². The van der Waals surface area contributed by atoms with Crippen LogP contribution in [0.5, 0.6) is 0 Å². The van der Waals surface area contributed by atoms with Gasteiger partial charge in [-0.15, -0.1) is 0 Å². The van der Waals surface area contributed by atoms with Crippen LogP contribution in [0, 0.1) is 5.92 Å². The highest BCUT2D eigenvalue weighted by Crippen LogP contribution is 2.27. The minimum absolute atomic E-state index is 0.0346. The van der Waals surface area contributed by atoms with Crippen LogP contribution in [0.15, 0.2) is 0 Å². The molecule has 8 nitrogen and oxygen atoms in total. The van der Waals surface area contributed by atoms with Crippen LogP contribution < -0.4 is 0 Å². The van der Waals surface area contributed by atoms with E-state index in [9.17, 15) is 14.4 Å². The van der Waals surface area contributed by atoms with E-state index in [0.717, 1.165) is 19.3 Å². The van der Waals surface area contributed by atoms with Crippen molar-refractivity contribution in [2.24, 2.45) is 5.92 Å². The lowest BCUT2D eigenvalue weighted by Gasteiger charge is -2.41. The first-order chi connectivity index (χ1) is 11.2. The maximum atomic E-state index is 11.1. The van der Waals surface area contributed by atoms with Crippen molar-refractivity contribution in [3.63, 3.8) is 0 Å². The van der Waals surface area contributed by atoms with E-state index in [-0.39, 0.29) is 31.7 Å². The van der Waals surface area contributed by atoms with E-state index in [1.54, 1.807) is 0 Å². The highest BCUT2D eigenvalue weighted by molar-refractivity contribution is 5.72. The number of aliphatic carboxylic acids is 3. The Bertz CT molecular complexity index is 438. The van der Waals surface area contributed by atoms with Crippen LogP contribution in [0.1, 0.15) is 39.5 Å². The average molecular weight is 344 g/mol. The molecule has 1 saturated carbocycles. The van der Waals surface area contributed by atoms with Crippen LogP contribution in [-0.2, 0) is 14.4 Å². The van der Waals surface area contributed by atoms with Crippen molar-refractivity contribution < 1.29 is 29.7 Å². The van der Waals surface area contributed by atoms with E-state index in [1.807, 2.05) is 18.7 Å². The van der Waals surface area contributed by atoms with E-state index in [0.29, 0.717) is 18.9 Å². The summed E-state index contributed by atoms with van der Waals surface area (Å²) in [5.41, 5.74) is 0. The second-order valence-electron chi connectivity index (χ2n) is 6.88. The molecule has 0 saturated heterocycles. The van der Waals surface area contributed by atoms with Gasteiger partial charge >= 0.3 is 17.9 Å². The van der Waals surface area contributed by atoms with E-state index in [1.165, 1.54) is 4.90 Å². The molecule has 3 N–H and O–H groups in total. The molecule has 0 amide bonds. The summed E-state index contributed by atoms with van der Waals surface area (Å²) in [6, 6.07) is -0.119. The first kappa shape index (κ1) is 20.4. The summed E-state index contributed by atoms with van der Waals surface area (Å²) in [6.07, 6.45) is 3.02. The second kappa shape index (κ2) is 9.58. The number of carbonyl (C=O) groups is 3. The lowest BCUT2D eigenvalue weighted by atomic mass is 9.88. The fourth-order valence-corrected chi connectivity index (χ4v) is 3.45. The Kier molecular flexibility index (Phi) is 8.14. The van der Waals surface area contributed by atoms with E-state index < -0.39 is 17.9 Å². The van der Waals surface area contributed by atoms with Gasteiger partial charge in [0, 0.05) is 18.6 Å². The maximum absolute atomic E-state index is 11.1. The number of nitrogens with zero attached hydrogens (tertiary/aromatic N) is 2. The Hall–Kier alpha value is -1.67. The third-order valence-electron chi connectivity index (χ3n) is 4.27. The molecule has 1 aliphatic carbocycles. The third-order valence-corrected chi connectivity index (χ3v) is 4.27. The number of hydrogen-bond acceptors (Lipinski definition) is 5. The zero-order chi connectivity index (χ0) is 18.3. The van der Waals surface area contributed by atoms with Gasteiger partial charge in [-0.3, -0.25) is 24.2 Å². The van der Waals surface area contributed by atoms with E-state index in [2.05, 4.69) is 0 Å². The van der Waals surface area contributed by atoms with Gasteiger partial charge in [-0.2, -0.15) is 0 Å². The predicted octanol–water partition coefficient (Wildman–Crippen LogP) is 0.811. The molecular formula is C16H28N2O6. The average Bonchev–Trinajstić information content (AvgIpc) is 2.44. The third kappa shape index (κ3) is 7.27. The van der Waals surface area contributed by atoms with Crippen molar-refractivity contribution >= 4 is 17.9 Å². The van der Waals surface area contributed by atoms with Crippen LogP contribution in [0.3, 0.4) is 0 Å². The molecule has 0 radical (unpaired) electrons. The number of rotatable bonds is 10. The molecule has 0 aromatic rings. The van der Waals surface area contributed by atoms with Gasteiger partial charge in [-0.05, 0) is 25.2 Å². The molecule has 2 atom stereocenters. The van der Waals surface area contributed by atoms with Gasteiger partial charge < -0.3 is 15.3 Å². The van der Waals surface area contributed by atoms with Crippen LogP contribution >= 0.6 is 0 Å². The fraction of sp³-hybridized carbons (Fsp3) is 0.812. The number of hydrogen-bond donors (Lipinski definition) is 3. The molecule has 0 spiro atoms. The van der Waals surface area contributed by atoms with Crippen LogP contribution in [0.2, 0.25) is 0 Å². The Labute approximate surface area is 142 Å². The quantitative estimate of drug-likeness (QED) is 0.533. The molecule has 138 valence electrons.